The van der Waals surface area contributed by atoms with Gasteiger partial charge in [-0.25, -0.2) is 9.59 Å². The molecule has 3 heterocycles. The van der Waals surface area contributed by atoms with Gasteiger partial charge < -0.3 is 28.8 Å². The zero-order valence-corrected chi connectivity index (χ0v) is 23.5. The number of ether oxygens (including phenoxy) is 3. The van der Waals surface area contributed by atoms with E-state index in [1.165, 1.54) is 6.92 Å². The number of aliphatic hydroxyl groups is 2. The molecule has 0 saturated heterocycles. The standard InChI is InChI=1S/C30H37NO9/c1-16-8-9-28(3)21(29(16,4)15-37-17(2)33)12-22(39-23(34)14-32)30(5)26(28)25(35)24-20(40-30)11-19(38-27(24)36)18-7-6-10-31-13-18/h6-7,10-11,13,16,21-22,25-26,32,35H,8-9,12,14-15H2,1-5H3/t16-,21?,22-,25-,26?,28-,29+,30+/m0/s1. The van der Waals surface area contributed by atoms with Crippen molar-refractivity contribution >= 4 is 11.9 Å². The van der Waals surface area contributed by atoms with Gasteiger partial charge in [0, 0.05) is 42.3 Å². The number of esters is 2. The maximum absolute atomic E-state index is 13.4. The van der Waals surface area contributed by atoms with Gasteiger partial charge in [-0.3, -0.25) is 9.78 Å². The van der Waals surface area contributed by atoms with Crippen LogP contribution in [0.1, 0.15) is 65.5 Å². The topological polar surface area (TPSA) is 145 Å². The summed E-state index contributed by atoms with van der Waals surface area (Å²) < 4.78 is 23.6. The summed E-state index contributed by atoms with van der Waals surface area (Å²) in [7, 11) is 0. The molecular weight excluding hydrogens is 518 g/mol. The molecule has 2 aliphatic carbocycles. The molecule has 0 spiro atoms. The molecule has 1 aliphatic heterocycles. The molecule has 0 radical (unpaired) electrons. The van der Waals surface area contributed by atoms with Gasteiger partial charge in [0.1, 0.15) is 35.4 Å². The van der Waals surface area contributed by atoms with Crippen molar-refractivity contribution in [1.29, 1.82) is 0 Å². The molecule has 2 aromatic heterocycles. The number of nitrogens with zero attached hydrogens (tertiary/aromatic N) is 1. The second kappa shape index (κ2) is 9.99. The van der Waals surface area contributed by atoms with Crippen LogP contribution in [0.25, 0.3) is 11.3 Å². The quantitative estimate of drug-likeness (QED) is 0.526. The molecule has 2 N–H and O–H groups in total. The van der Waals surface area contributed by atoms with Crippen molar-refractivity contribution in [3.63, 3.8) is 0 Å². The highest BCUT2D eigenvalue weighted by Crippen LogP contribution is 2.68. The Morgan fingerprint density at radius 3 is 2.65 bits per heavy atom. The van der Waals surface area contributed by atoms with E-state index in [4.69, 9.17) is 18.6 Å². The van der Waals surface area contributed by atoms with Gasteiger partial charge in [0.05, 0.1) is 12.7 Å². The molecule has 2 unspecified atom stereocenters. The van der Waals surface area contributed by atoms with Gasteiger partial charge in [-0.05, 0) is 55.6 Å². The van der Waals surface area contributed by atoms with E-state index in [-0.39, 0.29) is 41.5 Å². The number of aromatic nitrogens is 1. The molecule has 2 saturated carbocycles. The number of hydrogen-bond donors (Lipinski definition) is 2. The molecule has 3 aliphatic rings. The van der Waals surface area contributed by atoms with E-state index in [0.717, 1.165) is 6.42 Å². The van der Waals surface area contributed by atoms with Gasteiger partial charge in [0.15, 0.2) is 0 Å². The Bertz CT molecular complexity index is 1360. The van der Waals surface area contributed by atoms with Crippen molar-refractivity contribution in [2.75, 3.05) is 13.2 Å². The lowest BCUT2D eigenvalue weighted by atomic mass is 9.41. The molecule has 216 valence electrons. The summed E-state index contributed by atoms with van der Waals surface area (Å²) in [5, 5.41) is 21.5. The molecule has 2 aromatic rings. The zero-order chi connectivity index (χ0) is 29.0. The molecule has 8 atom stereocenters. The van der Waals surface area contributed by atoms with Crippen LogP contribution in [0.5, 0.6) is 5.75 Å². The Labute approximate surface area is 232 Å². The van der Waals surface area contributed by atoms with Gasteiger partial charge in [-0.2, -0.15) is 0 Å². The van der Waals surface area contributed by atoms with Gasteiger partial charge in [-0.1, -0.05) is 20.8 Å². The summed E-state index contributed by atoms with van der Waals surface area (Å²) >= 11 is 0. The van der Waals surface area contributed by atoms with Crippen LogP contribution < -0.4 is 10.4 Å². The molecule has 5 rings (SSSR count). The van der Waals surface area contributed by atoms with E-state index in [0.29, 0.717) is 18.4 Å². The largest absolute Gasteiger partial charge is 0.482 e. The third-order valence-corrected chi connectivity index (χ3v) is 10.1. The Balaban J connectivity index is 1.66. The SMILES string of the molecule is CC(=O)OC[C@@]1(C)C2C[C@H](OC(=O)CO)[C@@]3(C)Oc4cc(-c5cccnc5)oc(=O)c4[C@H](O)C3[C@@]2(C)CC[C@@H]1C. The summed E-state index contributed by atoms with van der Waals surface area (Å²) in [6.45, 7) is 8.77. The fourth-order valence-electron chi connectivity index (χ4n) is 7.89. The Hall–Kier alpha value is -3.24. The number of fused-ring (bicyclic) bond motifs is 4. The number of rotatable bonds is 5. The van der Waals surface area contributed by atoms with Crippen molar-refractivity contribution in [2.45, 2.75) is 71.7 Å². The van der Waals surface area contributed by atoms with E-state index in [2.05, 4.69) is 25.8 Å². The minimum absolute atomic E-state index is 0.0181. The second-order valence-corrected chi connectivity index (χ2v) is 12.3. The van der Waals surface area contributed by atoms with Crippen LogP contribution in [-0.4, -0.2) is 52.1 Å². The third-order valence-electron chi connectivity index (χ3n) is 10.1. The first-order chi connectivity index (χ1) is 18.8. The Morgan fingerprint density at radius 2 is 2.00 bits per heavy atom. The molecule has 2 fully saturated rings. The van der Waals surface area contributed by atoms with Gasteiger partial charge in [0.25, 0.3) is 0 Å². The molecule has 40 heavy (non-hydrogen) atoms. The summed E-state index contributed by atoms with van der Waals surface area (Å²) in [6, 6.07) is 5.02. The van der Waals surface area contributed by atoms with E-state index >= 15 is 0 Å². The van der Waals surface area contributed by atoms with Crippen LogP contribution in [0.3, 0.4) is 0 Å². The van der Waals surface area contributed by atoms with E-state index in [9.17, 15) is 24.6 Å². The van der Waals surface area contributed by atoms with Crippen LogP contribution in [0, 0.1) is 28.6 Å². The maximum Gasteiger partial charge on any atom is 0.345 e. The minimum atomic E-state index is -1.29. The molecular formula is C30H37NO9. The highest BCUT2D eigenvalue weighted by Gasteiger charge is 2.70. The van der Waals surface area contributed by atoms with Crippen LogP contribution >= 0.6 is 0 Å². The lowest BCUT2D eigenvalue weighted by Crippen LogP contribution is -2.70. The highest BCUT2D eigenvalue weighted by molar-refractivity contribution is 5.70. The first-order valence-corrected chi connectivity index (χ1v) is 13.7. The number of pyridine rings is 1. The van der Waals surface area contributed by atoms with Crippen LogP contribution in [0.2, 0.25) is 0 Å². The number of carbonyl (C=O) groups is 2. The van der Waals surface area contributed by atoms with E-state index in [1.54, 1.807) is 37.5 Å². The lowest BCUT2D eigenvalue weighted by Gasteiger charge is -2.66. The second-order valence-electron chi connectivity index (χ2n) is 12.3. The monoisotopic (exact) mass is 555 g/mol. The van der Waals surface area contributed by atoms with Crippen LogP contribution in [-0.2, 0) is 19.1 Å². The molecule has 0 amide bonds. The van der Waals surface area contributed by atoms with E-state index < -0.39 is 52.8 Å². The molecule has 10 heteroatoms. The first-order valence-electron chi connectivity index (χ1n) is 13.7. The normalized spacial score (nSPS) is 36.3. The zero-order valence-electron chi connectivity index (χ0n) is 23.5. The smallest absolute Gasteiger partial charge is 0.345 e. The Morgan fingerprint density at radius 1 is 1.25 bits per heavy atom. The molecule has 0 bridgehead atoms. The molecule has 0 aromatic carbocycles. The van der Waals surface area contributed by atoms with Crippen molar-refractivity contribution in [3.8, 4) is 17.1 Å². The maximum atomic E-state index is 13.4. The average Bonchev–Trinajstić information content (AvgIpc) is 2.91. The third kappa shape index (κ3) is 4.32. The Kier molecular flexibility index (Phi) is 7.07. The summed E-state index contributed by atoms with van der Waals surface area (Å²) in [4.78, 5) is 41.8. The number of carbonyl (C=O) groups excluding carboxylic acids is 2. The fourth-order valence-corrected chi connectivity index (χ4v) is 7.89. The minimum Gasteiger partial charge on any atom is -0.482 e. The predicted octanol–water partition coefficient (Wildman–Crippen LogP) is 3.43. The van der Waals surface area contributed by atoms with Crippen molar-refractivity contribution in [2.24, 2.45) is 28.6 Å². The van der Waals surface area contributed by atoms with Crippen molar-refractivity contribution in [1.82, 2.24) is 4.98 Å². The van der Waals surface area contributed by atoms with Gasteiger partial charge in [0.2, 0.25) is 0 Å². The van der Waals surface area contributed by atoms with Crippen molar-refractivity contribution in [3.05, 3.63) is 46.6 Å². The highest BCUT2D eigenvalue weighted by atomic mass is 16.6. The number of hydrogen-bond acceptors (Lipinski definition) is 10. The lowest BCUT2D eigenvalue weighted by molar-refractivity contribution is -0.263. The van der Waals surface area contributed by atoms with E-state index in [1.807, 2.05) is 0 Å². The summed E-state index contributed by atoms with van der Waals surface area (Å²) in [5.74, 6) is -1.52. The summed E-state index contributed by atoms with van der Waals surface area (Å²) in [6.07, 6.45) is 2.87. The number of aliphatic hydroxyl groups excluding tert-OH is 2. The average molecular weight is 556 g/mol. The van der Waals surface area contributed by atoms with Crippen molar-refractivity contribution < 1.29 is 38.4 Å². The first kappa shape index (κ1) is 28.3. The van der Waals surface area contributed by atoms with Gasteiger partial charge in [-0.15, -0.1) is 0 Å². The van der Waals surface area contributed by atoms with Gasteiger partial charge >= 0.3 is 17.6 Å². The summed E-state index contributed by atoms with van der Waals surface area (Å²) in [5.41, 5.74) is -2.49. The van der Waals surface area contributed by atoms with Crippen LogP contribution in [0.15, 0.2) is 39.8 Å². The predicted molar refractivity (Wildman–Crippen MR) is 142 cm³/mol. The van der Waals surface area contributed by atoms with Crippen LogP contribution in [0.4, 0.5) is 0 Å². The molecule has 10 nitrogen and oxygen atoms in total. The fraction of sp³-hybridized carbons (Fsp3) is 0.600.